The molecule has 0 spiro atoms. The third-order valence-electron chi connectivity index (χ3n) is 3.48. The summed E-state index contributed by atoms with van der Waals surface area (Å²) in [6.45, 7) is 3.19. The van der Waals surface area contributed by atoms with E-state index in [1.54, 1.807) is 18.2 Å². The van der Waals surface area contributed by atoms with E-state index in [0.29, 0.717) is 0 Å². The number of nitrogens with one attached hydrogen (secondary N) is 1. The minimum Gasteiger partial charge on any atom is -0.481 e. The SMILES string of the molecule is Cc1ccc2c(c1)C(=O)N(C(C)C(=O)NCCC(=O)O)C2=O. The smallest absolute Gasteiger partial charge is 0.305 e. The number of carbonyl (C=O) groups excluding carboxylic acids is 3. The predicted molar refractivity (Wildman–Crippen MR) is 76.4 cm³/mol. The Morgan fingerprint density at radius 3 is 2.50 bits per heavy atom. The van der Waals surface area contributed by atoms with Gasteiger partial charge < -0.3 is 10.4 Å². The van der Waals surface area contributed by atoms with E-state index in [-0.39, 0.29) is 24.1 Å². The lowest BCUT2D eigenvalue weighted by Gasteiger charge is -2.21. The fraction of sp³-hybridized carbons (Fsp3) is 0.333. The van der Waals surface area contributed by atoms with Crippen molar-refractivity contribution in [1.82, 2.24) is 10.2 Å². The summed E-state index contributed by atoms with van der Waals surface area (Å²) in [6.07, 6.45) is -0.222. The van der Waals surface area contributed by atoms with E-state index in [1.807, 2.05) is 6.92 Å². The molecule has 1 aromatic rings. The molecule has 0 aliphatic carbocycles. The number of carbonyl (C=O) groups is 4. The van der Waals surface area contributed by atoms with Gasteiger partial charge in [-0.25, -0.2) is 0 Å². The molecule has 0 aromatic heterocycles. The van der Waals surface area contributed by atoms with Gasteiger partial charge in [-0.15, -0.1) is 0 Å². The van der Waals surface area contributed by atoms with Crippen LogP contribution >= 0.6 is 0 Å². The van der Waals surface area contributed by atoms with Crippen LogP contribution in [0.5, 0.6) is 0 Å². The molecule has 116 valence electrons. The van der Waals surface area contributed by atoms with Crippen LogP contribution in [0.3, 0.4) is 0 Å². The second kappa shape index (κ2) is 5.97. The Morgan fingerprint density at radius 2 is 1.86 bits per heavy atom. The molecule has 7 nitrogen and oxygen atoms in total. The molecule has 0 bridgehead atoms. The largest absolute Gasteiger partial charge is 0.481 e. The van der Waals surface area contributed by atoms with Crippen molar-refractivity contribution in [2.75, 3.05) is 6.54 Å². The van der Waals surface area contributed by atoms with Crippen molar-refractivity contribution in [1.29, 1.82) is 0 Å². The number of nitrogens with zero attached hydrogens (tertiary/aromatic N) is 1. The first-order valence-corrected chi connectivity index (χ1v) is 6.81. The van der Waals surface area contributed by atoms with Gasteiger partial charge in [-0.3, -0.25) is 24.1 Å². The van der Waals surface area contributed by atoms with Crippen LogP contribution in [0.15, 0.2) is 18.2 Å². The molecule has 1 aromatic carbocycles. The zero-order valence-corrected chi connectivity index (χ0v) is 12.3. The van der Waals surface area contributed by atoms with Crippen LogP contribution in [0.25, 0.3) is 0 Å². The van der Waals surface area contributed by atoms with E-state index in [0.717, 1.165) is 10.5 Å². The number of fused-ring (bicyclic) bond motifs is 1. The highest BCUT2D eigenvalue weighted by Gasteiger charge is 2.40. The Morgan fingerprint density at radius 1 is 1.23 bits per heavy atom. The number of amides is 3. The molecule has 0 fully saturated rings. The first kappa shape index (κ1) is 15.7. The quantitative estimate of drug-likeness (QED) is 0.774. The average Bonchev–Trinajstić information content (AvgIpc) is 2.69. The van der Waals surface area contributed by atoms with Crippen LogP contribution in [-0.4, -0.2) is 46.3 Å². The summed E-state index contributed by atoms with van der Waals surface area (Å²) in [5.74, 6) is -2.62. The van der Waals surface area contributed by atoms with E-state index in [1.165, 1.54) is 6.92 Å². The number of aryl methyl sites for hydroxylation is 1. The lowest BCUT2D eigenvalue weighted by atomic mass is 10.1. The van der Waals surface area contributed by atoms with Gasteiger partial charge in [0.05, 0.1) is 17.5 Å². The lowest BCUT2D eigenvalue weighted by Crippen LogP contribution is -2.48. The third kappa shape index (κ3) is 2.83. The topological polar surface area (TPSA) is 104 Å². The van der Waals surface area contributed by atoms with Gasteiger partial charge in [-0.1, -0.05) is 11.6 Å². The Bertz CT molecular complexity index is 668. The Balaban J connectivity index is 2.13. The molecule has 1 aliphatic heterocycles. The van der Waals surface area contributed by atoms with Gasteiger partial charge in [-0.05, 0) is 26.0 Å². The van der Waals surface area contributed by atoms with Crippen molar-refractivity contribution in [2.45, 2.75) is 26.3 Å². The van der Waals surface area contributed by atoms with E-state index in [9.17, 15) is 19.2 Å². The van der Waals surface area contributed by atoms with Gasteiger partial charge in [0.2, 0.25) is 5.91 Å². The molecule has 1 unspecified atom stereocenters. The van der Waals surface area contributed by atoms with E-state index < -0.39 is 29.7 Å². The van der Waals surface area contributed by atoms with Crippen molar-refractivity contribution >= 4 is 23.7 Å². The van der Waals surface area contributed by atoms with Crippen LogP contribution in [0.4, 0.5) is 0 Å². The monoisotopic (exact) mass is 304 g/mol. The minimum atomic E-state index is -1.04. The summed E-state index contributed by atoms with van der Waals surface area (Å²) in [5, 5.41) is 10.9. The molecule has 3 amide bonds. The minimum absolute atomic E-state index is 0.0548. The first-order valence-electron chi connectivity index (χ1n) is 6.81. The number of aliphatic carboxylic acids is 1. The fourth-order valence-corrected chi connectivity index (χ4v) is 2.28. The molecule has 2 rings (SSSR count). The predicted octanol–water partition coefficient (Wildman–Crippen LogP) is 0.570. The molecule has 0 saturated carbocycles. The number of carboxylic acid groups (broad SMARTS) is 1. The molecular formula is C15H16N2O5. The molecule has 1 aliphatic rings. The molecule has 0 radical (unpaired) electrons. The van der Waals surface area contributed by atoms with Crippen LogP contribution in [0.1, 0.15) is 39.6 Å². The van der Waals surface area contributed by atoms with Crippen LogP contribution in [-0.2, 0) is 9.59 Å². The number of hydrogen-bond acceptors (Lipinski definition) is 4. The van der Waals surface area contributed by atoms with Crippen LogP contribution in [0.2, 0.25) is 0 Å². The Labute approximate surface area is 126 Å². The molecule has 7 heteroatoms. The summed E-state index contributed by atoms with van der Waals surface area (Å²) in [7, 11) is 0. The van der Waals surface area contributed by atoms with Gasteiger partial charge in [0.25, 0.3) is 11.8 Å². The van der Waals surface area contributed by atoms with Crippen LogP contribution < -0.4 is 5.32 Å². The molecule has 1 heterocycles. The number of carboxylic acids is 1. The van der Waals surface area contributed by atoms with Gasteiger partial charge in [0.15, 0.2) is 0 Å². The Hall–Kier alpha value is -2.70. The Kier molecular flexibility index (Phi) is 4.25. The number of rotatable bonds is 5. The summed E-state index contributed by atoms with van der Waals surface area (Å²) in [5.41, 5.74) is 1.41. The normalized spacial score (nSPS) is 14.7. The highest BCUT2D eigenvalue weighted by atomic mass is 16.4. The summed E-state index contributed by atoms with van der Waals surface area (Å²) >= 11 is 0. The first-order chi connectivity index (χ1) is 10.3. The van der Waals surface area contributed by atoms with Gasteiger partial charge in [0, 0.05) is 6.54 Å². The number of benzene rings is 1. The van der Waals surface area contributed by atoms with Crippen molar-refractivity contribution in [3.8, 4) is 0 Å². The molecule has 22 heavy (non-hydrogen) atoms. The van der Waals surface area contributed by atoms with Gasteiger partial charge in [0.1, 0.15) is 6.04 Å². The zero-order valence-electron chi connectivity index (χ0n) is 12.3. The fourth-order valence-electron chi connectivity index (χ4n) is 2.28. The maximum atomic E-state index is 12.3. The second-order valence-electron chi connectivity index (χ2n) is 5.14. The van der Waals surface area contributed by atoms with Gasteiger partial charge >= 0.3 is 5.97 Å². The maximum absolute atomic E-state index is 12.3. The lowest BCUT2D eigenvalue weighted by molar-refractivity contribution is -0.137. The summed E-state index contributed by atoms with van der Waals surface area (Å²) in [6, 6.07) is 3.91. The van der Waals surface area contributed by atoms with Crippen molar-refractivity contribution < 1.29 is 24.3 Å². The zero-order chi connectivity index (χ0) is 16.4. The number of imide groups is 1. The molecule has 1 atom stereocenters. The van der Waals surface area contributed by atoms with Gasteiger partial charge in [-0.2, -0.15) is 0 Å². The van der Waals surface area contributed by atoms with Crippen LogP contribution in [0, 0.1) is 6.92 Å². The summed E-state index contributed by atoms with van der Waals surface area (Å²) in [4.78, 5) is 47.9. The standard InChI is InChI=1S/C15H16N2O5/c1-8-3-4-10-11(7-8)15(22)17(14(10)21)9(2)13(20)16-6-5-12(18)19/h3-4,7,9H,5-6H2,1-2H3,(H,16,20)(H,18,19). The van der Waals surface area contributed by atoms with Crippen molar-refractivity contribution in [3.63, 3.8) is 0 Å². The number of hydrogen-bond donors (Lipinski definition) is 2. The molecular weight excluding hydrogens is 288 g/mol. The second-order valence-corrected chi connectivity index (χ2v) is 5.14. The van der Waals surface area contributed by atoms with Crippen molar-refractivity contribution in [2.24, 2.45) is 0 Å². The highest BCUT2D eigenvalue weighted by molar-refractivity contribution is 6.22. The maximum Gasteiger partial charge on any atom is 0.305 e. The van der Waals surface area contributed by atoms with Crippen molar-refractivity contribution in [3.05, 3.63) is 34.9 Å². The third-order valence-corrected chi connectivity index (χ3v) is 3.48. The summed E-state index contributed by atoms with van der Waals surface area (Å²) < 4.78 is 0. The van der Waals surface area contributed by atoms with E-state index in [4.69, 9.17) is 5.11 Å². The highest BCUT2D eigenvalue weighted by Crippen LogP contribution is 2.25. The molecule has 2 N–H and O–H groups in total. The average molecular weight is 304 g/mol. The molecule has 0 saturated heterocycles. The van der Waals surface area contributed by atoms with E-state index >= 15 is 0 Å². The van der Waals surface area contributed by atoms with E-state index in [2.05, 4.69) is 5.32 Å².